The molecule has 17 heavy (non-hydrogen) atoms. The van der Waals surface area contributed by atoms with Gasteiger partial charge in [-0.25, -0.2) is 0 Å². The van der Waals surface area contributed by atoms with Crippen LogP contribution in [0.5, 0.6) is 0 Å². The lowest BCUT2D eigenvalue weighted by Crippen LogP contribution is -2.58. The van der Waals surface area contributed by atoms with E-state index in [2.05, 4.69) is 5.32 Å². The zero-order chi connectivity index (χ0) is 12.8. The predicted molar refractivity (Wildman–Crippen MR) is 65.3 cm³/mol. The summed E-state index contributed by atoms with van der Waals surface area (Å²) in [6, 6.07) is 0.131. The largest absolute Gasteiger partial charge is 0.342 e. The van der Waals surface area contributed by atoms with Crippen LogP contribution in [0.1, 0.15) is 47.0 Å². The first-order chi connectivity index (χ1) is 7.86. The van der Waals surface area contributed by atoms with Gasteiger partial charge in [0.05, 0.1) is 0 Å². The van der Waals surface area contributed by atoms with Gasteiger partial charge >= 0.3 is 0 Å². The van der Waals surface area contributed by atoms with E-state index < -0.39 is 5.54 Å². The lowest BCUT2D eigenvalue weighted by atomic mass is 9.93. The normalized spacial score (nSPS) is 34.9. The number of carbonyl (C=O) groups excluding carboxylic acids is 2. The maximum absolute atomic E-state index is 12.7. The van der Waals surface area contributed by atoms with Crippen molar-refractivity contribution in [1.82, 2.24) is 10.2 Å². The molecule has 1 aliphatic carbocycles. The summed E-state index contributed by atoms with van der Waals surface area (Å²) >= 11 is 0. The molecule has 2 rings (SSSR count). The fourth-order valence-corrected chi connectivity index (χ4v) is 2.91. The van der Waals surface area contributed by atoms with E-state index in [1.54, 1.807) is 0 Å². The van der Waals surface area contributed by atoms with Crippen molar-refractivity contribution in [3.63, 3.8) is 0 Å². The highest BCUT2D eigenvalue weighted by Gasteiger charge is 2.52. The number of hydrogen-bond donors (Lipinski definition) is 1. The second-order valence-electron chi connectivity index (χ2n) is 5.88. The summed E-state index contributed by atoms with van der Waals surface area (Å²) in [5, 5.41) is 2.95. The molecular formula is C13H22N2O2. The van der Waals surface area contributed by atoms with Gasteiger partial charge in [-0.1, -0.05) is 0 Å². The first-order valence-corrected chi connectivity index (χ1v) is 6.50. The fourth-order valence-electron chi connectivity index (χ4n) is 2.91. The predicted octanol–water partition coefficient (Wildman–Crippen LogP) is 1.30. The summed E-state index contributed by atoms with van der Waals surface area (Å²) in [7, 11) is 0. The van der Waals surface area contributed by atoms with E-state index >= 15 is 0 Å². The summed E-state index contributed by atoms with van der Waals surface area (Å²) in [4.78, 5) is 26.4. The Morgan fingerprint density at radius 1 is 1.35 bits per heavy atom. The summed E-state index contributed by atoms with van der Waals surface area (Å²) < 4.78 is 0. The van der Waals surface area contributed by atoms with Crippen molar-refractivity contribution in [1.29, 1.82) is 0 Å². The van der Waals surface area contributed by atoms with Crippen molar-refractivity contribution in [2.75, 3.05) is 0 Å². The molecule has 2 amide bonds. The molecule has 0 bridgehead atoms. The molecule has 96 valence electrons. The van der Waals surface area contributed by atoms with E-state index in [1.807, 2.05) is 32.6 Å². The molecular weight excluding hydrogens is 216 g/mol. The monoisotopic (exact) mass is 238 g/mol. The van der Waals surface area contributed by atoms with E-state index in [-0.39, 0.29) is 23.9 Å². The lowest BCUT2D eigenvalue weighted by Gasteiger charge is -2.37. The second kappa shape index (κ2) is 4.00. The molecule has 1 N–H and O–H groups in total. The van der Waals surface area contributed by atoms with Crippen molar-refractivity contribution in [3.05, 3.63) is 0 Å². The smallest absolute Gasteiger partial charge is 0.248 e. The number of hydrogen-bond acceptors (Lipinski definition) is 2. The van der Waals surface area contributed by atoms with Gasteiger partial charge in [0.2, 0.25) is 11.8 Å². The van der Waals surface area contributed by atoms with Crippen LogP contribution in [0.4, 0.5) is 0 Å². The van der Waals surface area contributed by atoms with Crippen LogP contribution in [0, 0.1) is 5.92 Å². The quantitative estimate of drug-likeness (QED) is 0.788. The highest BCUT2D eigenvalue weighted by atomic mass is 16.2. The average molecular weight is 238 g/mol. The van der Waals surface area contributed by atoms with Crippen LogP contribution in [-0.2, 0) is 9.59 Å². The molecule has 1 saturated carbocycles. The molecule has 1 aliphatic heterocycles. The minimum absolute atomic E-state index is 0.00315. The highest BCUT2D eigenvalue weighted by molar-refractivity contribution is 5.94. The topological polar surface area (TPSA) is 49.4 Å². The van der Waals surface area contributed by atoms with Crippen LogP contribution in [0.25, 0.3) is 0 Å². The van der Waals surface area contributed by atoms with Crippen LogP contribution >= 0.6 is 0 Å². The third-order valence-corrected chi connectivity index (χ3v) is 3.98. The molecule has 0 spiro atoms. The summed E-state index contributed by atoms with van der Waals surface area (Å²) in [6.45, 7) is 7.86. The Morgan fingerprint density at radius 3 is 2.41 bits per heavy atom. The molecule has 1 saturated heterocycles. The molecule has 4 nitrogen and oxygen atoms in total. The van der Waals surface area contributed by atoms with Crippen LogP contribution in [0.2, 0.25) is 0 Å². The molecule has 2 fully saturated rings. The Kier molecular flexibility index (Phi) is 2.92. The molecule has 0 aromatic rings. The first-order valence-electron chi connectivity index (χ1n) is 6.50. The van der Waals surface area contributed by atoms with Crippen molar-refractivity contribution in [2.24, 2.45) is 5.92 Å². The summed E-state index contributed by atoms with van der Waals surface area (Å²) in [5.41, 5.74) is -0.674. The van der Waals surface area contributed by atoms with E-state index in [1.165, 1.54) is 0 Å². The molecule has 2 atom stereocenters. The van der Waals surface area contributed by atoms with Gasteiger partial charge in [-0.2, -0.15) is 0 Å². The second-order valence-corrected chi connectivity index (χ2v) is 5.88. The number of nitrogens with zero attached hydrogens (tertiary/aromatic N) is 1. The number of nitrogens with one attached hydrogen (secondary N) is 1. The Hall–Kier alpha value is -1.06. The van der Waals surface area contributed by atoms with Gasteiger partial charge in [0.15, 0.2) is 0 Å². The van der Waals surface area contributed by atoms with Crippen LogP contribution in [0.3, 0.4) is 0 Å². The van der Waals surface area contributed by atoms with Gasteiger partial charge in [-0.15, -0.1) is 0 Å². The van der Waals surface area contributed by atoms with E-state index in [0.29, 0.717) is 12.3 Å². The van der Waals surface area contributed by atoms with Crippen molar-refractivity contribution < 1.29 is 9.59 Å². The van der Waals surface area contributed by atoms with Crippen LogP contribution in [0.15, 0.2) is 0 Å². The molecule has 2 aliphatic rings. The Balaban J connectivity index is 2.34. The maximum atomic E-state index is 12.7. The third-order valence-electron chi connectivity index (χ3n) is 3.98. The average Bonchev–Trinajstić information content (AvgIpc) is 2.97. The van der Waals surface area contributed by atoms with Gasteiger partial charge in [-0.3, -0.25) is 9.59 Å². The SMILES string of the molecule is CC(C)N1C(=O)C(C)(C2CC2)NC(=O)CC1C. The zero-order valence-corrected chi connectivity index (χ0v) is 11.1. The number of carbonyl (C=O) groups is 2. The van der Waals surface area contributed by atoms with Gasteiger partial charge in [0, 0.05) is 18.5 Å². The Morgan fingerprint density at radius 2 is 1.94 bits per heavy atom. The van der Waals surface area contributed by atoms with Crippen molar-refractivity contribution >= 4 is 11.8 Å². The van der Waals surface area contributed by atoms with Gasteiger partial charge in [0.25, 0.3) is 0 Å². The molecule has 0 radical (unpaired) electrons. The highest BCUT2D eigenvalue weighted by Crippen LogP contribution is 2.42. The standard InChI is InChI=1S/C13H22N2O2/c1-8(2)15-9(3)7-11(16)14-13(4,12(15)17)10-5-6-10/h8-10H,5-7H2,1-4H3,(H,14,16). The van der Waals surface area contributed by atoms with Crippen molar-refractivity contribution in [3.8, 4) is 0 Å². The minimum atomic E-state index is -0.674. The number of amides is 2. The maximum Gasteiger partial charge on any atom is 0.248 e. The van der Waals surface area contributed by atoms with Gasteiger partial charge in [-0.05, 0) is 46.5 Å². The molecule has 0 aromatic carbocycles. The number of rotatable bonds is 2. The zero-order valence-electron chi connectivity index (χ0n) is 11.1. The Labute approximate surface area is 103 Å². The van der Waals surface area contributed by atoms with E-state index in [0.717, 1.165) is 12.8 Å². The fraction of sp³-hybridized carbons (Fsp3) is 0.846. The third kappa shape index (κ3) is 2.05. The summed E-state index contributed by atoms with van der Waals surface area (Å²) in [5.74, 6) is 0.419. The molecule has 2 unspecified atom stereocenters. The van der Waals surface area contributed by atoms with Crippen LogP contribution in [-0.4, -0.2) is 34.3 Å². The first kappa shape index (κ1) is 12.4. The van der Waals surface area contributed by atoms with Gasteiger partial charge < -0.3 is 10.2 Å². The minimum Gasteiger partial charge on any atom is -0.342 e. The summed E-state index contributed by atoms with van der Waals surface area (Å²) in [6.07, 6.45) is 2.50. The van der Waals surface area contributed by atoms with Crippen LogP contribution < -0.4 is 5.32 Å². The Bertz CT molecular complexity index is 349. The molecule has 4 heteroatoms. The lowest BCUT2D eigenvalue weighted by molar-refractivity contribution is -0.142. The molecule has 1 heterocycles. The van der Waals surface area contributed by atoms with E-state index in [9.17, 15) is 9.59 Å². The van der Waals surface area contributed by atoms with E-state index in [4.69, 9.17) is 0 Å². The molecule has 0 aromatic heterocycles. The van der Waals surface area contributed by atoms with Gasteiger partial charge in [0.1, 0.15) is 5.54 Å². The van der Waals surface area contributed by atoms with Crippen molar-refractivity contribution in [2.45, 2.75) is 64.6 Å².